The van der Waals surface area contributed by atoms with Gasteiger partial charge >= 0.3 is 0 Å². The average molecular weight is 229 g/mol. The summed E-state index contributed by atoms with van der Waals surface area (Å²) in [5.74, 6) is 1.51. The molecule has 1 aromatic carbocycles. The first-order valence-corrected chi connectivity index (χ1v) is 6.10. The maximum Gasteiger partial charge on any atom is 0.198 e. The fourth-order valence-electron chi connectivity index (χ4n) is 1.94. The molecule has 1 aliphatic carbocycles. The minimum absolute atomic E-state index is 0.0160. The van der Waals surface area contributed by atoms with Crippen LogP contribution in [0.4, 0.5) is 0 Å². The molecule has 0 unspecified atom stereocenters. The van der Waals surface area contributed by atoms with Crippen LogP contribution in [0.2, 0.25) is 0 Å². The second kappa shape index (κ2) is 3.69. The summed E-state index contributed by atoms with van der Waals surface area (Å²) in [6, 6.07) is 5.52. The molecule has 3 heteroatoms. The zero-order valence-corrected chi connectivity index (χ0v) is 10.1. The number of fused-ring (bicyclic) bond motifs is 1. The van der Waals surface area contributed by atoms with Gasteiger partial charge in [0.05, 0.1) is 0 Å². The van der Waals surface area contributed by atoms with Crippen molar-refractivity contribution in [2.75, 3.05) is 0 Å². The number of carbonyl (C=O) groups is 1. The first kappa shape index (κ1) is 10.5. The highest BCUT2D eigenvalue weighted by Gasteiger charge is 2.29. The largest absolute Gasteiger partial charge is 0.440 e. The summed E-state index contributed by atoms with van der Waals surface area (Å²) in [4.78, 5) is 16.3. The van der Waals surface area contributed by atoms with Gasteiger partial charge in [0.2, 0.25) is 0 Å². The minimum Gasteiger partial charge on any atom is -0.440 e. The van der Waals surface area contributed by atoms with Crippen molar-refractivity contribution in [1.29, 1.82) is 0 Å². The zero-order valence-electron chi connectivity index (χ0n) is 10.1. The average Bonchev–Trinajstić information content (AvgIpc) is 3.07. The van der Waals surface area contributed by atoms with Crippen molar-refractivity contribution in [2.24, 2.45) is 5.92 Å². The Kier molecular flexibility index (Phi) is 2.28. The summed E-state index contributed by atoms with van der Waals surface area (Å²) < 4.78 is 5.66. The number of benzene rings is 1. The Morgan fingerprint density at radius 1 is 1.41 bits per heavy atom. The molecule has 1 aliphatic rings. The zero-order chi connectivity index (χ0) is 12.0. The molecule has 2 aromatic rings. The van der Waals surface area contributed by atoms with Gasteiger partial charge in [0.15, 0.2) is 17.3 Å². The maximum atomic E-state index is 11.9. The van der Waals surface area contributed by atoms with Crippen LogP contribution in [-0.2, 0) is 0 Å². The van der Waals surface area contributed by atoms with Crippen molar-refractivity contribution in [3.05, 3.63) is 29.7 Å². The molecule has 1 heterocycles. The van der Waals surface area contributed by atoms with Crippen LogP contribution in [0.5, 0.6) is 0 Å². The van der Waals surface area contributed by atoms with Crippen molar-refractivity contribution in [1.82, 2.24) is 4.98 Å². The number of ketones is 1. The molecule has 0 aliphatic heterocycles. The van der Waals surface area contributed by atoms with Crippen LogP contribution in [0.1, 0.15) is 48.9 Å². The first-order valence-electron chi connectivity index (χ1n) is 6.10. The lowest BCUT2D eigenvalue weighted by atomic mass is 10.0. The van der Waals surface area contributed by atoms with Gasteiger partial charge in [-0.3, -0.25) is 4.79 Å². The smallest absolute Gasteiger partial charge is 0.198 e. The van der Waals surface area contributed by atoms with Crippen LogP contribution < -0.4 is 0 Å². The van der Waals surface area contributed by atoms with E-state index < -0.39 is 0 Å². The monoisotopic (exact) mass is 229 g/mol. The van der Waals surface area contributed by atoms with Crippen molar-refractivity contribution in [3.8, 4) is 0 Å². The van der Waals surface area contributed by atoms with Gasteiger partial charge in [-0.05, 0) is 31.0 Å². The predicted molar refractivity (Wildman–Crippen MR) is 65.2 cm³/mol. The maximum absolute atomic E-state index is 11.9. The van der Waals surface area contributed by atoms with E-state index in [0.717, 1.165) is 22.6 Å². The fraction of sp³-hybridized carbons (Fsp3) is 0.429. The van der Waals surface area contributed by atoms with Gasteiger partial charge in [0.1, 0.15) is 5.52 Å². The van der Waals surface area contributed by atoms with Crippen molar-refractivity contribution in [2.45, 2.75) is 32.6 Å². The summed E-state index contributed by atoms with van der Waals surface area (Å²) in [5.41, 5.74) is 2.31. The van der Waals surface area contributed by atoms with Crippen LogP contribution in [-0.4, -0.2) is 10.8 Å². The molecule has 1 saturated carbocycles. The fourth-order valence-corrected chi connectivity index (χ4v) is 1.94. The quantitative estimate of drug-likeness (QED) is 0.756. The summed E-state index contributed by atoms with van der Waals surface area (Å²) in [6.07, 6.45) is 2.34. The molecule has 0 N–H and O–H groups in total. The molecule has 88 valence electrons. The van der Waals surface area contributed by atoms with E-state index in [-0.39, 0.29) is 11.7 Å². The lowest BCUT2D eigenvalue weighted by molar-refractivity contribution is 0.0939. The Morgan fingerprint density at radius 2 is 2.18 bits per heavy atom. The van der Waals surface area contributed by atoms with Gasteiger partial charge in [-0.25, -0.2) is 4.98 Å². The van der Waals surface area contributed by atoms with E-state index in [1.54, 1.807) is 0 Å². The molecule has 0 spiro atoms. The van der Waals surface area contributed by atoms with Gasteiger partial charge < -0.3 is 4.42 Å². The standard InChI is InChI=1S/C14H15NO2/c1-8(2)13(16)10-5-6-12-11(7-10)15-14(17-12)9-3-4-9/h5-9H,3-4H2,1-2H3. The summed E-state index contributed by atoms with van der Waals surface area (Å²) >= 11 is 0. The highest BCUT2D eigenvalue weighted by atomic mass is 16.3. The van der Waals surface area contributed by atoms with Gasteiger partial charge in [0, 0.05) is 17.4 Å². The Balaban J connectivity index is 2.02. The third-order valence-corrected chi connectivity index (χ3v) is 3.14. The molecule has 0 bridgehead atoms. The molecule has 0 amide bonds. The van der Waals surface area contributed by atoms with Crippen molar-refractivity contribution in [3.63, 3.8) is 0 Å². The number of oxazole rings is 1. The number of hydrogen-bond acceptors (Lipinski definition) is 3. The number of hydrogen-bond donors (Lipinski definition) is 0. The van der Waals surface area contributed by atoms with E-state index in [0.29, 0.717) is 5.92 Å². The van der Waals surface area contributed by atoms with Crippen LogP contribution in [0.15, 0.2) is 22.6 Å². The second-order valence-electron chi connectivity index (χ2n) is 5.03. The van der Waals surface area contributed by atoms with Crippen LogP contribution in [0, 0.1) is 5.92 Å². The van der Waals surface area contributed by atoms with Crippen molar-refractivity contribution >= 4 is 16.9 Å². The number of rotatable bonds is 3. The van der Waals surface area contributed by atoms with E-state index >= 15 is 0 Å². The first-order chi connectivity index (χ1) is 8.15. The molecule has 3 nitrogen and oxygen atoms in total. The highest BCUT2D eigenvalue weighted by Crippen LogP contribution is 2.40. The van der Waals surface area contributed by atoms with Crippen molar-refractivity contribution < 1.29 is 9.21 Å². The topological polar surface area (TPSA) is 43.1 Å². The molecule has 17 heavy (non-hydrogen) atoms. The third-order valence-electron chi connectivity index (χ3n) is 3.14. The highest BCUT2D eigenvalue weighted by molar-refractivity contribution is 5.99. The second-order valence-corrected chi connectivity index (χ2v) is 5.03. The molecule has 0 radical (unpaired) electrons. The Hall–Kier alpha value is -1.64. The van der Waals surface area contributed by atoms with Gasteiger partial charge in [-0.1, -0.05) is 13.8 Å². The normalized spacial score (nSPS) is 15.7. The van der Waals surface area contributed by atoms with E-state index in [1.165, 1.54) is 12.8 Å². The summed E-state index contributed by atoms with van der Waals surface area (Å²) in [6.45, 7) is 3.82. The van der Waals surface area contributed by atoms with Gasteiger partial charge in [-0.2, -0.15) is 0 Å². The number of nitrogens with zero attached hydrogens (tertiary/aromatic N) is 1. The van der Waals surface area contributed by atoms with E-state index in [9.17, 15) is 4.79 Å². The molecular formula is C14H15NO2. The number of carbonyl (C=O) groups excluding carboxylic acids is 1. The molecule has 1 aromatic heterocycles. The van der Waals surface area contributed by atoms with Crippen LogP contribution in [0.25, 0.3) is 11.1 Å². The molecule has 0 saturated heterocycles. The number of Topliss-reactive ketones (excluding diaryl/α,β-unsaturated/α-hetero) is 1. The molecule has 3 rings (SSSR count). The van der Waals surface area contributed by atoms with Crippen LogP contribution >= 0.6 is 0 Å². The van der Waals surface area contributed by atoms with Crippen LogP contribution in [0.3, 0.4) is 0 Å². The molecular weight excluding hydrogens is 214 g/mol. The molecule has 1 fully saturated rings. The number of aromatic nitrogens is 1. The Bertz CT molecular complexity index is 579. The minimum atomic E-state index is 0.0160. The van der Waals surface area contributed by atoms with Gasteiger partial charge in [0.25, 0.3) is 0 Å². The Labute approximate surface area is 99.8 Å². The van der Waals surface area contributed by atoms with E-state index in [1.807, 2.05) is 32.0 Å². The van der Waals surface area contributed by atoms with Gasteiger partial charge in [-0.15, -0.1) is 0 Å². The summed E-state index contributed by atoms with van der Waals surface area (Å²) in [5, 5.41) is 0. The molecule has 0 atom stereocenters. The third kappa shape index (κ3) is 1.86. The van der Waals surface area contributed by atoms with E-state index in [2.05, 4.69) is 4.98 Å². The lowest BCUT2D eigenvalue weighted by Gasteiger charge is -2.02. The Morgan fingerprint density at radius 3 is 2.82 bits per heavy atom. The van der Waals surface area contributed by atoms with E-state index in [4.69, 9.17) is 4.42 Å². The predicted octanol–water partition coefficient (Wildman–Crippen LogP) is 3.54. The lowest BCUT2D eigenvalue weighted by Crippen LogP contribution is -2.06. The SMILES string of the molecule is CC(C)C(=O)c1ccc2oc(C3CC3)nc2c1. The summed E-state index contributed by atoms with van der Waals surface area (Å²) in [7, 11) is 0.